The molecule has 39 heavy (non-hydrogen) atoms. The number of ketones is 2. The van der Waals surface area contributed by atoms with Crippen LogP contribution in [0.4, 0.5) is 5.69 Å². The van der Waals surface area contributed by atoms with Gasteiger partial charge in [-0.1, -0.05) is 38.1 Å². The number of amides is 1. The van der Waals surface area contributed by atoms with Gasteiger partial charge in [0.25, 0.3) is 0 Å². The Labute approximate surface area is 230 Å². The number of hydrogen-bond donors (Lipinski definition) is 2. The van der Waals surface area contributed by atoms with Crippen LogP contribution in [0, 0.1) is 0 Å². The minimum atomic E-state index is -0.525. The Morgan fingerprint density at radius 2 is 1.77 bits per heavy atom. The van der Waals surface area contributed by atoms with Gasteiger partial charge in [0.15, 0.2) is 5.78 Å². The molecule has 2 aromatic rings. The zero-order chi connectivity index (χ0) is 27.9. The molecule has 1 atom stereocenters. The summed E-state index contributed by atoms with van der Waals surface area (Å²) in [5.41, 5.74) is 11.7. The topological polar surface area (TPSA) is 117 Å². The molecular weight excluding hydrogens is 490 g/mol. The lowest BCUT2D eigenvalue weighted by Crippen LogP contribution is -2.34. The molecule has 2 aromatic carbocycles. The van der Waals surface area contributed by atoms with Crippen molar-refractivity contribution in [2.45, 2.75) is 52.0 Å². The fraction of sp³-hybridized carbons (Fsp3) is 0.387. The minimum Gasteiger partial charge on any atom is -0.387 e. The number of carbonyl (C=O) groups is 3. The second kappa shape index (κ2) is 12.8. The molecule has 1 unspecified atom stereocenters. The van der Waals surface area contributed by atoms with E-state index in [0.29, 0.717) is 61.6 Å². The molecule has 1 amide bonds. The summed E-state index contributed by atoms with van der Waals surface area (Å²) in [4.78, 5) is 49.1. The van der Waals surface area contributed by atoms with Gasteiger partial charge in [0.2, 0.25) is 5.91 Å². The Morgan fingerprint density at radius 3 is 2.49 bits per heavy atom. The first-order valence-electron chi connectivity index (χ1n) is 13.7. The molecule has 0 spiro atoms. The molecule has 3 N–H and O–H groups in total. The molecule has 8 heteroatoms. The van der Waals surface area contributed by atoms with Crippen LogP contribution in [0.25, 0.3) is 17.2 Å². The lowest BCUT2D eigenvalue weighted by molar-refractivity contribution is -0.127. The van der Waals surface area contributed by atoms with Gasteiger partial charge in [-0.05, 0) is 55.6 Å². The maximum absolute atomic E-state index is 13.3. The van der Waals surface area contributed by atoms with Crippen LogP contribution in [0.3, 0.4) is 0 Å². The van der Waals surface area contributed by atoms with Gasteiger partial charge in [-0.15, -0.1) is 0 Å². The quantitative estimate of drug-likeness (QED) is 0.451. The van der Waals surface area contributed by atoms with E-state index >= 15 is 0 Å². The molecule has 0 radical (unpaired) electrons. The number of Topliss-reactive ketones (excluding diaryl/α,β-unsaturated/α-hetero) is 2. The molecule has 2 aliphatic rings. The van der Waals surface area contributed by atoms with Crippen molar-refractivity contribution >= 4 is 41.3 Å². The first-order valence-corrected chi connectivity index (χ1v) is 13.7. The van der Waals surface area contributed by atoms with Crippen LogP contribution < -0.4 is 11.1 Å². The van der Waals surface area contributed by atoms with E-state index in [1.54, 1.807) is 13.3 Å². The van der Waals surface area contributed by atoms with Crippen molar-refractivity contribution in [3.05, 3.63) is 58.7 Å². The Kier molecular flexibility index (Phi) is 9.19. The summed E-state index contributed by atoms with van der Waals surface area (Å²) in [6.45, 7) is 5.86. The third-order valence-electron chi connectivity index (χ3n) is 6.96. The highest BCUT2D eigenvalue weighted by Gasteiger charge is 2.26. The number of hydrogen-bond acceptors (Lipinski definition) is 7. The SMILES string of the molecule is CCCN(CCC)C(=O)C1=Cc2ccc(-c3ccc4c(c3)C=NC(CCC(=O)CNC)C4=O)cc2N=C(N)C1. The van der Waals surface area contributed by atoms with Gasteiger partial charge >= 0.3 is 0 Å². The molecule has 2 heterocycles. The number of fused-ring (bicyclic) bond motifs is 2. The summed E-state index contributed by atoms with van der Waals surface area (Å²) in [5.74, 6) is 0.426. The molecule has 0 aliphatic carbocycles. The highest BCUT2D eigenvalue weighted by Crippen LogP contribution is 2.33. The second-order valence-corrected chi connectivity index (χ2v) is 10.1. The van der Waals surface area contributed by atoms with Gasteiger partial charge in [-0.3, -0.25) is 19.4 Å². The number of nitrogens with one attached hydrogen (secondary N) is 1. The van der Waals surface area contributed by atoms with Gasteiger partial charge < -0.3 is 16.0 Å². The highest BCUT2D eigenvalue weighted by atomic mass is 16.2. The number of aliphatic imine (C=N–C) groups is 2. The van der Waals surface area contributed by atoms with E-state index in [9.17, 15) is 14.4 Å². The van der Waals surface area contributed by atoms with Crippen LogP contribution in [0.2, 0.25) is 0 Å². The fourth-order valence-electron chi connectivity index (χ4n) is 5.05. The molecule has 0 saturated heterocycles. The zero-order valence-corrected chi connectivity index (χ0v) is 23.0. The number of likely N-dealkylation sites (N-methyl/N-ethyl adjacent to an activating group) is 1. The summed E-state index contributed by atoms with van der Waals surface area (Å²) < 4.78 is 0. The molecule has 8 nitrogen and oxygen atoms in total. The smallest absolute Gasteiger partial charge is 0.250 e. The fourth-order valence-corrected chi connectivity index (χ4v) is 5.05. The third kappa shape index (κ3) is 6.57. The average molecular weight is 528 g/mol. The monoisotopic (exact) mass is 527 g/mol. The van der Waals surface area contributed by atoms with Crippen molar-refractivity contribution in [1.82, 2.24) is 10.2 Å². The normalized spacial score (nSPS) is 16.1. The summed E-state index contributed by atoms with van der Waals surface area (Å²) in [6, 6.07) is 11.1. The number of amidine groups is 1. The highest BCUT2D eigenvalue weighted by molar-refractivity contribution is 6.10. The van der Waals surface area contributed by atoms with Crippen LogP contribution >= 0.6 is 0 Å². The van der Waals surface area contributed by atoms with Crippen LogP contribution in [-0.2, 0) is 9.59 Å². The number of rotatable bonds is 11. The second-order valence-electron chi connectivity index (χ2n) is 10.1. The van der Waals surface area contributed by atoms with Crippen molar-refractivity contribution in [2.24, 2.45) is 15.7 Å². The first-order chi connectivity index (χ1) is 18.8. The lowest BCUT2D eigenvalue weighted by Gasteiger charge is -2.22. The maximum Gasteiger partial charge on any atom is 0.250 e. The summed E-state index contributed by atoms with van der Waals surface area (Å²) in [5, 5.41) is 2.84. The van der Waals surface area contributed by atoms with Crippen molar-refractivity contribution in [2.75, 3.05) is 26.7 Å². The Morgan fingerprint density at radius 1 is 1.05 bits per heavy atom. The predicted molar refractivity (Wildman–Crippen MR) is 157 cm³/mol. The predicted octanol–water partition coefficient (Wildman–Crippen LogP) is 4.33. The number of carbonyl (C=O) groups excluding carboxylic acids is 3. The van der Waals surface area contributed by atoms with E-state index in [4.69, 9.17) is 5.73 Å². The molecule has 2 aliphatic heterocycles. The number of benzene rings is 2. The van der Waals surface area contributed by atoms with Crippen molar-refractivity contribution in [1.29, 1.82) is 0 Å². The van der Waals surface area contributed by atoms with Crippen molar-refractivity contribution in [3.63, 3.8) is 0 Å². The van der Waals surface area contributed by atoms with Crippen LogP contribution in [0.1, 0.15) is 67.4 Å². The van der Waals surface area contributed by atoms with Crippen LogP contribution in [-0.4, -0.2) is 67.1 Å². The molecule has 4 rings (SSSR count). The van der Waals surface area contributed by atoms with Gasteiger partial charge in [0, 0.05) is 54.4 Å². The lowest BCUT2D eigenvalue weighted by atomic mass is 9.90. The molecule has 0 aromatic heterocycles. The van der Waals surface area contributed by atoms with Gasteiger partial charge in [-0.2, -0.15) is 0 Å². The van der Waals surface area contributed by atoms with E-state index in [2.05, 4.69) is 29.1 Å². The van der Waals surface area contributed by atoms with E-state index in [-0.39, 0.29) is 17.5 Å². The molecular formula is C31H37N5O3. The molecule has 0 bridgehead atoms. The van der Waals surface area contributed by atoms with Gasteiger partial charge in [0.1, 0.15) is 17.7 Å². The largest absolute Gasteiger partial charge is 0.387 e. The van der Waals surface area contributed by atoms with Crippen LogP contribution in [0.15, 0.2) is 52.0 Å². The first kappa shape index (κ1) is 28.1. The summed E-state index contributed by atoms with van der Waals surface area (Å²) >= 11 is 0. The summed E-state index contributed by atoms with van der Waals surface area (Å²) in [7, 11) is 1.73. The average Bonchev–Trinajstić information content (AvgIpc) is 3.09. The van der Waals surface area contributed by atoms with E-state index in [0.717, 1.165) is 35.1 Å². The van der Waals surface area contributed by atoms with Gasteiger partial charge in [0.05, 0.1) is 12.2 Å². The van der Waals surface area contributed by atoms with E-state index in [1.165, 1.54) is 0 Å². The van der Waals surface area contributed by atoms with Crippen molar-refractivity contribution < 1.29 is 14.4 Å². The number of nitrogens with two attached hydrogens (primary N) is 1. The molecule has 204 valence electrons. The molecule has 0 saturated carbocycles. The maximum atomic E-state index is 13.3. The molecule has 0 fully saturated rings. The number of nitrogens with zero attached hydrogens (tertiary/aromatic N) is 3. The van der Waals surface area contributed by atoms with E-state index < -0.39 is 6.04 Å². The Hall–Kier alpha value is -3.91. The minimum absolute atomic E-state index is 0.0112. The van der Waals surface area contributed by atoms with Crippen LogP contribution in [0.5, 0.6) is 0 Å². The zero-order valence-electron chi connectivity index (χ0n) is 23.0. The third-order valence-corrected chi connectivity index (χ3v) is 6.96. The standard InChI is InChI=1S/C31H37N5O3/c1-4-12-36(13-5-2)31(39)23-15-22-7-6-21(16-28(22)35-29(32)17-23)20-8-10-26-24(14-20)18-34-27(30(26)38)11-9-25(37)19-33-3/h6-8,10,14-16,18,27,33H,4-5,9,11-13,17,19H2,1-3H3,(H2,32,35). The Balaban J connectivity index is 1.57. The summed E-state index contributed by atoms with van der Waals surface area (Å²) in [6.07, 6.45) is 6.47. The Bertz CT molecular complexity index is 1350. The van der Waals surface area contributed by atoms with E-state index in [1.807, 2.05) is 47.4 Å². The van der Waals surface area contributed by atoms with Gasteiger partial charge in [-0.25, -0.2) is 4.99 Å². The van der Waals surface area contributed by atoms with Crippen molar-refractivity contribution in [3.8, 4) is 11.1 Å².